The Balaban J connectivity index is 1.42. The van der Waals surface area contributed by atoms with Gasteiger partial charge < -0.3 is 9.26 Å². The summed E-state index contributed by atoms with van der Waals surface area (Å²) in [5.74, 6) is -0.0133. The Hall–Kier alpha value is -3.53. The monoisotopic (exact) mass is 412 g/mol. The number of aromatic nitrogens is 2. The standard InChI is InChI=1S/C19H16N4O5S/c1-12(20-18-14-9-5-6-10-15(14)29(25,26)23-18)19(24)27-11-16-21-17(22-28-16)13-7-3-2-4-8-13/h2-10,12H,11H2,1H3,(H,20,23)/t12-/m0/s1. The highest BCUT2D eigenvalue weighted by atomic mass is 32.2. The van der Waals surface area contributed by atoms with E-state index in [-0.39, 0.29) is 23.2 Å². The topological polar surface area (TPSA) is 124 Å². The summed E-state index contributed by atoms with van der Waals surface area (Å²) in [6, 6.07) is 14.7. The second-order valence-corrected chi connectivity index (χ2v) is 7.89. The molecule has 0 fully saturated rings. The predicted octanol–water partition coefficient (Wildman–Crippen LogP) is 1.91. The first-order valence-electron chi connectivity index (χ1n) is 8.69. The summed E-state index contributed by atoms with van der Waals surface area (Å²) in [5, 5.41) is 3.85. The van der Waals surface area contributed by atoms with Crippen molar-refractivity contribution in [1.82, 2.24) is 14.9 Å². The van der Waals surface area contributed by atoms with E-state index in [1.54, 1.807) is 18.2 Å². The van der Waals surface area contributed by atoms with Gasteiger partial charge in [-0.25, -0.2) is 13.2 Å². The van der Waals surface area contributed by atoms with Crippen LogP contribution in [-0.4, -0.2) is 36.4 Å². The average molecular weight is 412 g/mol. The Morgan fingerprint density at radius 1 is 1.17 bits per heavy atom. The average Bonchev–Trinajstić information content (AvgIpc) is 3.30. The fraction of sp³-hybridized carbons (Fsp3) is 0.158. The maximum Gasteiger partial charge on any atom is 0.331 e. The summed E-state index contributed by atoms with van der Waals surface area (Å²) in [4.78, 5) is 20.7. The zero-order chi connectivity index (χ0) is 20.4. The van der Waals surface area contributed by atoms with E-state index in [1.165, 1.54) is 13.0 Å². The lowest BCUT2D eigenvalue weighted by atomic mass is 10.2. The fourth-order valence-corrected chi connectivity index (χ4v) is 3.99. The number of esters is 1. The van der Waals surface area contributed by atoms with Crippen molar-refractivity contribution in [2.45, 2.75) is 24.5 Å². The Bertz CT molecular complexity index is 1190. The fourth-order valence-electron chi connectivity index (χ4n) is 2.75. The number of aliphatic imine (C=N–C) groups is 1. The minimum absolute atomic E-state index is 0.106. The van der Waals surface area contributed by atoms with Crippen LogP contribution in [0, 0.1) is 0 Å². The minimum atomic E-state index is -3.67. The van der Waals surface area contributed by atoms with E-state index in [1.807, 2.05) is 30.3 Å². The number of benzene rings is 2. The van der Waals surface area contributed by atoms with Crippen LogP contribution in [-0.2, 0) is 26.2 Å². The molecule has 1 aromatic heterocycles. The largest absolute Gasteiger partial charge is 0.454 e. The van der Waals surface area contributed by atoms with Crippen molar-refractivity contribution in [1.29, 1.82) is 0 Å². The predicted molar refractivity (Wildman–Crippen MR) is 102 cm³/mol. The van der Waals surface area contributed by atoms with E-state index in [2.05, 4.69) is 19.9 Å². The van der Waals surface area contributed by atoms with Gasteiger partial charge in [0.15, 0.2) is 6.61 Å². The molecule has 0 saturated heterocycles. The maximum absolute atomic E-state index is 12.3. The highest BCUT2D eigenvalue weighted by molar-refractivity contribution is 7.90. The molecular weight excluding hydrogens is 396 g/mol. The van der Waals surface area contributed by atoms with Crippen LogP contribution in [0.3, 0.4) is 0 Å². The molecule has 1 N–H and O–H groups in total. The van der Waals surface area contributed by atoms with Crippen LogP contribution in [0.15, 0.2) is 69.0 Å². The van der Waals surface area contributed by atoms with E-state index in [0.717, 1.165) is 5.56 Å². The van der Waals surface area contributed by atoms with Crippen molar-refractivity contribution < 1.29 is 22.5 Å². The van der Waals surface area contributed by atoms with Gasteiger partial charge in [0.2, 0.25) is 5.82 Å². The van der Waals surface area contributed by atoms with E-state index >= 15 is 0 Å². The molecule has 9 nitrogen and oxygen atoms in total. The molecule has 0 amide bonds. The Morgan fingerprint density at radius 3 is 2.69 bits per heavy atom. The van der Waals surface area contributed by atoms with Crippen molar-refractivity contribution in [3.05, 3.63) is 66.1 Å². The van der Waals surface area contributed by atoms with Crippen molar-refractivity contribution in [3.8, 4) is 11.4 Å². The molecule has 1 atom stereocenters. The summed E-state index contributed by atoms with van der Waals surface area (Å²) in [6.07, 6.45) is 0. The van der Waals surface area contributed by atoms with Gasteiger partial charge in [-0.15, -0.1) is 0 Å². The van der Waals surface area contributed by atoms with Crippen LogP contribution in [0.2, 0.25) is 0 Å². The second kappa shape index (κ2) is 7.47. The lowest BCUT2D eigenvalue weighted by Gasteiger charge is -2.07. The normalized spacial score (nSPS) is 16.8. The van der Waals surface area contributed by atoms with Crippen LogP contribution in [0.5, 0.6) is 0 Å². The molecule has 2 aromatic carbocycles. The van der Waals surface area contributed by atoms with Crippen LogP contribution in [0.4, 0.5) is 0 Å². The zero-order valence-electron chi connectivity index (χ0n) is 15.3. The molecule has 0 unspecified atom stereocenters. The van der Waals surface area contributed by atoms with Gasteiger partial charge in [0.05, 0.1) is 4.90 Å². The number of rotatable bonds is 5. The van der Waals surface area contributed by atoms with Crippen LogP contribution in [0.1, 0.15) is 18.4 Å². The van der Waals surface area contributed by atoms with E-state index in [9.17, 15) is 13.2 Å². The number of hydrogen-bond acceptors (Lipinski definition) is 8. The number of nitrogens with one attached hydrogen (secondary N) is 1. The summed E-state index contributed by atoms with van der Waals surface area (Å²) in [6.45, 7) is 1.30. The van der Waals surface area contributed by atoms with Gasteiger partial charge in [0.25, 0.3) is 15.9 Å². The van der Waals surface area contributed by atoms with Gasteiger partial charge >= 0.3 is 5.97 Å². The molecule has 2 heterocycles. The third-order valence-corrected chi connectivity index (χ3v) is 5.56. The van der Waals surface area contributed by atoms with Gasteiger partial charge in [-0.2, -0.15) is 4.98 Å². The van der Waals surface area contributed by atoms with Crippen molar-refractivity contribution in [2.75, 3.05) is 0 Å². The number of carbonyl (C=O) groups is 1. The van der Waals surface area contributed by atoms with Gasteiger partial charge in [-0.05, 0) is 19.1 Å². The molecule has 0 radical (unpaired) electrons. The first kappa shape index (κ1) is 18.8. The molecule has 1 aliphatic heterocycles. The zero-order valence-corrected chi connectivity index (χ0v) is 16.1. The summed E-state index contributed by atoms with van der Waals surface area (Å²) in [5.41, 5.74) is 1.19. The molecule has 10 heteroatoms. The molecule has 0 bridgehead atoms. The lowest BCUT2D eigenvalue weighted by Crippen LogP contribution is -2.26. The van der Waals surface area contributed by atoms with Gasteiger partial charge in [-0.3, -0.25) is 9.71 Å². The van der Waals surface area contributed by atoms with Crippen molar-refractivity contribution in [2.24, 2.45) is 4.99 Å². The number of nitrogens with zero attached hydrogens (tertiary/aromatic N) is 3. The Kier molecular flexibility index (Phi) is 4.85. The maximum atomic E-state index is 12.3. The molecule has 3 aromatic rings. The highest BCUT2D eigenvalue weighted by Crippen LogP contribution is 2.22. The van der Waals surface area contributed by atoms with Crippen LogP contribution in [0.25, 0.3) is 11.4 Å². The minimum Gasteiger partial charge on any atom is -0.454 e. The number of fused-ring (bicyclic) bond motifs is 1. The number of sulfonamides is 1. The molecule has 4 rings (SSSR count). The molecule has 0 aliphatic carbocycles. The van der Waals surface area contributed by atoms with Crippen molar-refractivity contribution >= 4 is 21.8 Å². The molecule has 29 heavy (non-hydrogen) atoms. The van der Waals surface area contributed by atoms with Gasteiger partial charge in [0, 0.05) is 11.1 Å². The lowest BCUT2D eigenvalue weighted by molar-refractivity contribution is -0.146. The number of ether oxygens (including phenoxy) is 1. The van der Waals surface area contributed by atoms with Crippen LogP contribution < -0.4 is 4.72 Å². The van der Waals surface area contributed by atoms with E-state index in [0.29, 0.717) is 11.4 Å². The Labute approximate surface area is 166 Å². The first-order valence-corrected chi connectivity index (χ1v) is 10.2. The molecular formula is C19H16N4O5S. The third kappa shape index (κ3) is 3.87. The van der Waals surface area contributed by atoms with Crippen molar-refractivity contribution in [3.63, 3.8) is 0 Å². The smallest absolute Gasteiger partial charge is 0.331 e. The number of hydrogen-bond donors (Lipinski definition) is 1. The van der Waals surface area contributed by atoms with E-state index in [4.69, 9.17) is 9.26 Å². The van der Waals surface area contributed by atoms with E-state index < -0.39 is 22.0 Å². The molecule has 0 saturated carbocycles. The first-order chi connectivity index (χ1) is 13.9. The Morgan fingerprint density at radius 2 is 1.90 bits per heavy atom. The number of carbonyl (C=O) groups excluding carboxylic acids is 1. The van der Waals surface area contributed by atoms with Crippen LogP contribution >= 0.6 is 0 Å². The summed E-state index contributed by atoms with van der Waals surface area (Å²) >= 11 is 0. The van der Waals surface area contributed by atoms with Gasteiger partial charge in [0.1, 0.15) is 11.9 Å². The molecule has 1 aliphatic rings. The molecule has 148 valence electrons. The van der Waals surface area contributed by atoms with Gasteiger partial charge in [-0.1, -0.05) is 47.6 Å². The second-order valence-electron chi connectivity index (χ2n) is 6.24. The third-order valence-electron chi connectivity index (χ3n) is 4.16. The molecule has 0 spiro atoms. The summed E-state index contributed by atoms with van der Waals surface area (Å²) < 4.78 is 36.8. The number of amidine groups is 1. The SMILES string of the molecule is C[C@H](N=C1NS(=O)(=O)c2ccccc21)C(=O)OCc1nc(-c2ccccc2)no1. The summed E-state index contributed by atoms with van der Waals surface area (Å²) in [7, 11) is -3.67. The highest BCUT2D eigenvalue weighted by Gasteiger charge is 2.31. The quantitative estimate of drug-likeness (QED) is 0.635.